The maximum atomic E-state index is 12.6. The molecule has 2 fully saturated rings. The number of piperidine rings is 1. The topological polar surface area (TPSA) is 75.2 Å². The Morgan fingerprint density at radius 2 is 2.00 bits per heavy atom. The van der Waals surface area contributed by atoms with Gasteiger partial charge in [0, 0.05) is 39.9 Å². The van der Waals surface area contributed by atoms with Gasteiger partial charge in [0.2, 0.25) is 5.91 Å². The largest absolute Gasteiger partial charge is 0.379 e. The van der Waals surface area contributed by atoms with E-state index in [1.807, 2.05) is 4.90 Å². The van der Waals surface area contributed by atoms with Gasteiger partial charge in [-0.1, -0.05) is 30.3 Å². The number of amides is 1. The van der Waals surface area contributed by atoms with Crippen molar-refractivity contribution >= 4 is 11.9 Å². The van der Waals surface area contributed by atoms with Gasteiger partial charge in [-0.2, -0.15) is 0 Å². The van der Waals surface area contributed by atoms with Gasteiger partial charge >= 0.3 is 0 Å². The summed E-state index contributed by atoms with van der Waals surface area (Å²) in [7, 11) is 1.73. The maximum Gasteiger partial charge on any atom is 0.241 e. The van der Waals surface area contributed by atoms with Crippen LogP contribution in [-0.4, -0.2) is 75.9 Å². The van der Waals surface area contributed by atoms with Gasteiger partial charge in [0.25, 0.3) is 0 Å². The number of benzene rings is 1. The molecule has 1 amide bonds. The molecule has 172 valence electrons. The van der Waals surface area contributed by atoms with Crippen LogP contribution in [-0.2, 0) is 20.7 Å². The summed E-state index contributed by atoms with van der Waals surface area (Å²) in [5.41, 5.74) is 1.39. The van der Waals surface area contributed by atoms with E-state index in [9.17, 15) is 4.79 Å². The lowest BCUT2D eigenvalue weighted by molar-refractivity contribution is -0.131. The highest BCUT2D eigenvalue weighted by Gasteiger charge is 2.23. The Balaban J connectivity index is 1.24. The maximum absolute atomic E-state index is 12.6. The van der Waals surface area contributed by atoms with Crippen LogP contribution < -0.4 is 10.6 Å². The highest BCUT2D eigenvalue weighted by Crippen LogP contribution is 2.21. The molecule has 1 atom stereocenters. The number of likely N-dealkylation sites (tertiary alicyclic amines) is 1. The predicted molar refractivity (Wildman–Crippen MR) is 123 cm³/mol. The fourth-order valence-corrected chi connectivity index (χ4v) is 4.20. The van der Waals surface area contributed by atoms with E-state index < -0.39 is 0 Å². The number of nitrogens with one attached hydrogen (secondary N) is 2. The van der Waals surface area contributed by atoms with Crippen molar-refractivity contribution in [3.8, 4) is 0 Å². The molecule has 0 bridgehead atoms. The lowest BCUT2D eigenvalue weighted by Crippen LogP contribution is -2.47. The zero-order valence-electron chi connectivity index (χ0n) is 18.9. The first-order valence-electron chi connectivity index (χ1n) is 11.7. The molecule has 2 N–H and O–H groups in total. The lowest BCUT2D eigenvalue weighted by Gasteiger charge is -2.32. The van der Waals surface area contributed by atoms with Crippen LogP contribution in [0, 0.1) is 5.92 Å². The first-order valence-corrected chi connectivity index (χ1v) is 11.7. The van der Waals surface area contributed by atoms with Crippen LogP contribution in [0.15, 0.2) is 35.3 Å². The molecule has 0 radical (unpaired) electrons. The van der Waals surface area contributed by atoms with E-state index in [-0.39, 0.29) is 18.6 Å². The van der Waals surface area contributed by atoms with Gasteiger partial charge in [-0.25, -0.2) is 0 Å². The van der Waals surface area contributed by atoms with Crippen LogP contribution in [0.2, 0.25) is 0 Å². The Kier molecular flexibility index (Phi) is 10.1. The summed E-state index contributed by atoms with van der Waals surface area (Å²) in [5, 5.41) is 6.39. The summed E-state index contributed by atoms with van der Waals surface area (Å²) in [6.45, 7) is 4.95. The molecule has 1 unspecified atom stereocenters. The standard InChI is InChI=1S/C24H38N4O3/c1-25-24(26-12-6-15-30-19-22-9-5-16-31-22)27-18-23(29)28-13-10-21(11-14-28)17-20-7-3-2-4-8-20/h2-4,7-8,21-22H,5-6,9-19H2,1H3,(H2,25,26,27). The third-order valence-electron chi connectivity index (χ3n) is 6.05. The molecule has 2 aliphatic heterocycles. The van der Waals surface area contributed by atoms with E-state index in [4.69, 9.17) is 9.47 Å². The first-order chi connectivity index (χ1) is 15.2. The molecule has 7 heteroatoms. The molecular weight excluding hydrogens is 392 g/mol. The van der Waals surface area contributed by atoms with Crippen LogP contribution in [0.4, 0.5) is 0 Å². The van der Waals surface area contributed by atoms with Gasteiger partial charge in [-0.3, -0.25) is 9.79 Å². The van der Waals surface area contributed by atoms with Gasteiger partial charge < -0.3 is 25.0 Å². The smallest absolute Gasteiger partial charge is 0.241 e. The fraction of sp³-hybridized carbons (Fsp3) is 0.667. The van der Waals surface area contributed by atoms with Crippen LogP contribution in [0.25, 0.3) is 0 Å². The van der Waals surface area contributed by atoms with E-state index >= 15 is 0 Å². The third-order valence-corrected chi connectivity index (χ3v) is 6.05. The summed E-state index contributed by atoms with van der Waals surface area (Å²) >= 11 is 0. The molecule has 2 heterocycles. The number of nitrogens with zero attached hydrogens (tertiary/aromatic N) is 2. The van der Waals surface area contributed by atoms with Crippen LogP contribution in [0.5, 0.6) is 0 Å². The zero-order chi connectivity index (χ0) is 21.7. The van der Waals surface area contributed by atoms with Gasteiger partial charge in [-0.15, -0.1) is 0 Å². The van der Waals surface area contributed by atoms with E-state index in [0.717, 1.165) is 64.8 Å². The van der Waals surface area contributed by atoms with Gasteiger partial charge in [0.1, 0.15) is 0 Å². The van der Waals surface area contributed by atoms with Crippen molar-refractivity contribution in [3.05, 3.63) is 35.9 Å². The van der Waals surface area contributed by atoms with Crippen molar-refractivity contribution < 1.29 is 14.3 Å². The highest BCUT2D eigenvalue weighted by atomic mass is 16.5. The Bertz CT molecular complexity index is 669. The zero-order valence-corrected chi connectivity index (χ0v) is 18.9. The van der Waals surface area contributed by atoms with E-state index in [2.05, 4.69) is 46.0 Å². The minimum Gasteiger partial charge on any atom is -0.379 e. The van der Waals surface area contributed by atoms with Crippen molar-refractivity contribution in [3.63, 3.8) is 0 Å². The van der Waals surface area contributed by atoms with Crippen molar-refractivity contribution in [1.29, 1.82) is 0 Å². The minimum atomic E-state index is 0.140. The van der Waals surface area contributed by atoms with Crippen molar-refractivity contribution in [1.82, 2.24) is 15.5 Å². The number of hydrogen-bond donors (Lipinski definition) is 2. The first kappa shape index (κ1) is 23.5. The van der Waals surface area contributed by atoms with Crippen molar-refractivity contribution in [2.75, 3.05) is 53.0 Å². The molecule has 0 aromatic heterocycles. The molecular formula is C24H38N4O3. The average molecular weight is 431 g/mol. The van der Waals surface area contributed by atoms with E-state index in [1.54, 1.807) is 7.05 Å². The van der Waals surface area contributed by atoms with E-state index in [0.29, 0.717) is 25.1 Å². The normalized spacial score (nSPS) is 20.1. The second-order valence-corrected chi connectivity index (χ2v) is 8.43. The molecule has 0 aliphatic carbocycles. The van der Waals surface area contributed by atoms with Gasteiger partial charge in [0.05, 0.1) is 19.3 Å². The van der Waals surface area contributed by atoms with Gasteiger partial charge in [-0.05, 0) is 50.0 Å². The monoisotopic (exact) mass is 430 g/mol. The quantitative estimate of drug-likeness (QED) is 0.338. The molecule has 3 rings (SSSR count). The lowest BCUT2D eigenvalue weighted by atomic mass is 9.90. The summed E-state index contributed by atoms with van der Waals surface area (Å²) in [4.78, 5) is 18.8. The number of aliphatic imine (C=N–C) groups is 1. The number of carbonyl (C=O) groups excluding carboxylic acids is 1. The van der Waals surface area contributed by atoms with Crippen LogP contribution in [0.3, 0.4) is 0 Å². The minimum absolute atomic E-state index is 0.140. The molecule has 7 nitrogen and oxygen atoms in total. The molecule has 1 aromatic rings. The third kappa shape index (κ3) is 8.50. The number of carbonyl (C=O) groups is 1. The highest BCUT2D eigenvalue weighted by molar-refractivity contribution is 5.86. The Morgan fingerprint density at radius 1 is 1.19 bits per heavy atom. The average Bonchev–Trinajstić information content (AvgIpc) is 3.32. The molecule has 1 aromatic carbocycles. The summed E-state index contributed by atoms with van der Waals surface area (Å²) in [6, 6.07) is 10.6. The number of hydrogen-bond acceptors (Lipinski definition) is 4. The van der Waals surface area contributed by atoms with Crippen molar-refractivity contribution in [2.45, 2.75) is 44.6 Å². The van der Waals surface area contributed by atoms with Crippen LogP contribution in [0.1, 0.15) is 37.7 Å². The Labute approximate surface area is 186 Å². The summed E-state index contributed by atoms with van der Waals surface area (Å²) in [5.74, 6) is 1.46. The summed E-state index contributed by atoms with van der Waals surface area (Å²) in [6.07, 6.45) is 6.65. The predicted octanol–water partition coefficient (Wildman–Crippen LogP) is 2.22. The van der Waals surface area contributed by atoms with E-state index in [1.165, 1.54) is 5.56 Å². The Morgan fingerprint density at radius 3 is 2.71 bits per heavy atom. The summed E-state index contributed by atoms with van der Waals surface area (Å²) < 4.78 is 11.2. The molecule has 0 spiro atoms. The molecule has 0 saturated carbocycles. The molecule has 2 aliphatic rings. The Hall–Kier alpha value is -2.12. The molecule has 31 heavy (non-hydrogen) atoms. The number of guanidine groups is 1. The SMILES string of the molecule is CN=C(NCCCOCC1CCCO1)NCC(=O)N1CCC(Cc2ccccc2)CC1. The van der Waals surface area contributed by atoms with Crippen molar-refractivity contribution in [2.24, 2.45) is 10.9 Å². The van der Waals surface area contributed by atoms with Gasteiger partial charge in [0.15, 0.2) is 5.96 Å². The fourth-order valence-electron chi connectivity index (χ4n) is 4.20. The van der Waals surface area contributed by atoms with Crippen LogP contribution >= 0.6 is 0 Å². The number of rotatable bonds is 10. The second kappa shape index (κ2) is 13.3. The molecule has 2 saturated heterocycles. The second-order valence-electron chi connectivity index (χ2n) is 8.43. The number of ether oxygens (including phenoxy) is 2.